The molecule has 0 radical (unpaired) electrons. The topological polar surface area (TPSA) is 52.6 Å². The van der Waals surface area contributed by atoms with Crippen LogP contribution in [0.3, 0.4) is 0 Å². The minimum Gasteiger partial charge on any atom is -0.478 e. The van der Waals surface area contributed by atoms with Crippen LogP contribution in [0.4, 0.5) is 5.69 Å². The summed E-state index contributed by atoms with van der Waals surface area (Å²) in [5.41, 5.74) is 2.18. The van der Waals surface area contributed by atoms with Gasteiger partial charge in [0.05, 0.1) is 5.56 Å². The van der Waals surface area contributed by atoms with Crippen LogP contribution < -0.4 is 5.32 Å². The number of anilines is 1. The Labute approximate surface area is 119 Å². The van der Waals surface area contributed by atoms with Crippen molar-refractivity contribution in [1.29, 1.82) is 0 Å². The van der Waals surface area contributed by atoms with Crippen LogP contribution in [-0.4, -0.2) is 40.6 Å². The average Bonchev–Trinajstić information content (AvgIpc) is 3.16. The summed E-state index contributed by atoms with van der Waals surface area (Å²) in [6.45, 7) is 5.24. The van der Waals surface area contributed by atoms with Gasteiger partial charge >= 0.3 is 5.97 Å². The number of carbonyl (C=O) groups is 1. The lowest BCUT2D eigenvalue weighted by molar-refractivity contribution is 0.0696. The molecular weight excluding hydrogens is 252 g/mol. The van der Waals surface area contributed by atoms with Crippen molar-refractivity contribution in [2.75, 3.05) is 11.9 Å². The number of nitrogens with one attached hydrogen (secondary N) is 1. The van der Waals surface area contributed by atoms with E-state index in [-0.39, 0.29) is 0 Å². The molecule has 1 aromatic rings. The number of nitrogens with zero attached hydrogens (tertiary/aromatic N) is 1. The van der Waals surface area contributed by atoms with Gasteiger partial charge in [-0.05, 0) is 50.8 Å². The van der Waals surface area contributed by atoms with E-state index < -0.39 is 5.97 Å². The van der Waals surface area contributed by atoms with E-state index in [1.54, 1.807) is 6.07 Å². The highest BCUT2D eigenvalue weighted by molar-refractivity contribution is 5.91. The third kappa shape index (κ3) is 2.52. The van der Waals surface area contributed by atoms with Crippen molar-refractivity contribution >= 4 is 11.7 Å². The number of aromatic carboxylic acids is 1. The molecule has 1 aliphatic carbocycles. The first kappa shape index (κ1) is 13.4. The van der Waals surface area contributed by atoms with Gasteiger partial charge in [-0.3, -0.25) is 4.90 Å². The first-order chi connectivity index (χ1) is 9.56. The molecule has 2 fully saturated rings. The summed E-state index contributed by atoms with van der Waals surface area (Å²) < 4.78 is 0. The van der Waals surface area contributed by atoms with Crippen LogP contribution in [0.2, 0.25) is 0 Å². The number of hydrogen-bond acceptors (Lipinski definition) is 3. The lowest BCUT2D eigenvalue weighted by Crippen LogP contribution is -2.31. The molecule has 2 atom stereocenters. The molecule has 1 aliphatic heterocycles. The quantitative estimate of drug-likeness (QED) is 0.886. The van der Waals surface area contributed by atoms with Gasteiger partial charge in [0, 0.05) is 30.4 Å². The Hall–Kier alpha value is -1.55. The van der Waals surface area contributed by atoms with Crippen LogP contribution >= 0.6 is 0 Å². The highest BCUT2D eigenvalue weighted by Crippen LogP contribution is 2.34. The van der Waals surface area contributed by atoms with Gasteiger partial charge in [-0.25, -0.2) is 4.79 Å². The molecule has 1 heterocycles. The molecule has 3 rings (SSSR count). The summed E-state index contributed by atoms with van der Waals surface area (Å²) >= 11 is 0. The van der Waals surface area contributed by atoms with E-state index in [0.717, 1.165) is 30.3 Å². The molecule has 2 aliphatic rings. The Bertz CT molecular complexity index is 525. The second-order valence-corrected chi connectivity index (χ2v) is 6.14. The number of carboxylic acid groups (broad SMARTS) is 1. The van der Waals surface area contributed by atoms with E-state index in [2.05, 4.69) is 17.1 Å². The van der Waals surface area contributed by atoms with Crippen LogP contribution in [0.1, 0.15) is 42.1 Å². The van der Waals surface area contributed by atoms with Crippen molar-refractivity contribution in [3.8, 4) is 0 Å². The van der Waals surface area contributed by atoms with Crippen molar-refractivity contribution in [2.24, 2.45) is 0 Å². The molecule has 0 aromatic heterocycles. The molecule has 1 saturated heterocycles. The predicted octanol–water partition coefficient (Wildman–Crippen LogP) is 2.73. The standard InChI is InChI=1S/C16H22N2O2/c1-10-8-12(9-18(10)13-6-7-13)17-15-5-3-4-14(11(15)2)16(19)20/h3-5,10,12-13,17H,6-9H2,1-2H3,(H,19,20). The van der Waals surface area contributed by atoms with Crippen molar-refractivity contribution in [1.82, 2.24) is 4.90 Å². The third-order valence-electron chi connectivity index (χ3n) is 4.56. The number of benzene rings is 1. The Morgan fingerprint density at radius 3 is 2.80 bits per heavy atom. The lowest BCUT2D eigenvalue weighted by Gasteiger charge is -2.20. The molecule has 4 nitrogen and oxygen atoms in total. The first-order valence-electron chi connectivity index (χ1n) is 7.41. The number of carboxylic acids is 1. The highest BCUT2D eigenvalue weighted by atomic mass is 16.4. The third-order valence-corrected chi connectivity index (χ3v) is 4.56. The van der Waals surface area contributed by atoms with Crippen LogP contribution in [0.5, 0.6) is 0 Å². The largest absolute Gasteiger partial charge is 0.478 e. The molecule has 2 unspecified atom stereocenters. The number of hydrogen-bond donors (Lipinski definition) is 2. The Morgan fingerprint density at radius 2 is 2.15 bits per heavy atom. The van der Waals surface area contributed by atoms with E-state index in [1.165, 1.54) is 12.8 Å². The minimum absolute atomic E-state index is 0.389. The fourth-order valence-electron chi connectivity index (χ4n) is 3.32. The van der Waals surface area contributed by atoms with Gasteiger partial charge in [0.25, 0.3) is 0 Å². The van der Waals surface area contributed by atoms with E-state index in [9.17, 15) is 9.90 Å². The monoisotopic (exact) mass is 274 g/mol. The summed E-state index contributed by atoms with van der Waals surface area (Å²) in [7, 11) is 0. The summed E-state index contributed by atoms with van der Waals surface area (Å²) in [6, 6.07) is 7.30. The van der Waals surface area contributed by atoms with Crippen LogP contribution in [-0.2, 0) is 0 Å². The highest BCUT2D eigenvalue weighted by Gasteiger charge is 2.38. The fourth-order valence-corrected chi connectivity index (χ4v) is 3.32. The SMILES string of the molecule is Cc1c(NC2CC(C)N(C3CC3)C2)cccc1C(=O)O. The maximum atomic E-state index is 11.2. The van der Waals surface area contributed by atoms with Crippen molar-refractivity contribution < 1.29 is 9.90 Å². The molecule has 20 heavy (non-hydrogen) atoms. The zero-order valence-electron chi connectivity index (χ0n) is 12.1. The molecule has 1 aromatic carbocycles. The van der Waals surface area contributed by atoms with Crippen molar-refractivity contribution in [2.45, 2.75) is 51.2 Å². The van der Waals surface area contributed by atoms with Gasteiger partial charge in [-0.2, -0.15) is 0 Å². The second kappa shape index (κ2) is 5.09. The molecule has 1 saturated carbocycles. The summed E-state index contributed by atoms with van der Waals surface area (Å²) in [6.07, 6.45) is 3.81. The van der Waals surface area contributed by atoms with Crippen LogP contribution in [0.25, 0.3) is 0 Å². The normalized spacial score (nSPS) is 26.7. The molecule has 0 amide bonds. The number of likely N-dealkylation sites (tertiary alicyclic amines) is 1. The minimum atomic E-state index is -0.856. The summed E-state index contributed by atoms with van der Waals surface area (Å²) in [4.78, 5) is 13.8. The Kier molecular flexibility index (Phi) is 3.42. The van der Waals surface area contributed by atoms with Gasteiger partial charge < -0.3 is 10.4 Å². The smallest absolute Gasteiger partial charge is 0.336 e. The van der Waals surface area contributed by atoms with Gasteiger partial charge in [-0.1, -0.05) is 6.07 Å². The zero-order valence-corrected chi connectivity index (χ0v) is 12.1. The molecule has 4 heteroatoms. The van der Waals surface area contributed by atoms with Gasteiger partial charge in [0.15, 0.2) is 0 Å². The predicted molar refractivity (Wildman–Crippen MR) is 79.4 cm³/mol. The lowest BCUT2D eigenvalue weighted by atomic mass is 10.1. The van der Waals surface area contributed by atoms with Gasteiger partial charge in [0.1, 0.15) is 0 Å². The van der Waals surface area contributed by atoms with Crippen LogP contribution in [0.15, 0.2) is 18.2 Å². The Morgan fingerprint density at radius 1 is 1.40 bits per heavy atom. The molecule has 0 bridgehead atoms. The van der Waals surface area contributed by atoms with E-state index in [1.807, 2.05) is 19.1 Å². The van der Waals surface area contributed by atoms with Crippen molar-refractivity contribution in [3.63, 3.8) is 0 Å². The average molecular weight is 274 g/mol. The number of rotatable bonds is 4. The van der Waals surface area contributed by atoms with E-state index >= 15 is 0 Å². The van der Waals surface area contributed by atoms with Crippen molar-refractivity contribution in [3.05, 3.63) is 29.3 Å². The summed E-state index contributed by atoms with van der Waals surface area (Å²) in [5.74, 6) is -0.856. The first-order valence-corrected chi connectivity index (χ1v) is 7.41. The maximum absolute atomic E-state index is 11.2. The second-order valence-electron chi connectivity index (χ2n) is 6.14. The molecule has 108 valence electrons. The van der Waals surface area contributed by atoms with Gasteiger partial charge in [-0.15, -0.1) is 0 Å². The molecule has 2 N–H and O–H groups in total. The fraction of sp³-hybridized carbons (Fsp3) is 0.562. The molecular formula is C16H22N2O2. The van der Waals surface area contributed by atoms with Gasteiger partial charge in [0.2, 0.25) is 0 Å². The zero-order chi connectivity index (χ0) is 14.3. The van der Waals surface area contributed by atoms with E-state index in [4.69, 9.17) is 0 Å². The molecule has 0 spiro atoms. The van der Waals surface area contributed by atoms with Crippen LogP contribution in [0, 0.1) is 6.92 Å². The maximum Gasteiger partial charge on any atom is 0.336 e. The Balaban J connectivity index is 1.72. The summed E-state index contributed by atoms with van der Waals surface area (Å²) in [5, 5.41) is 12.7. The van der Waals surface area contributed by atoms with E-state index in [0.29, 0.717) is 17.6 Å².